The molecule has 1 saturated carbocycles. The van der Waals surface area contributed by atoms with Crippen molar-refractivity contribution in [3.63, 3.8) is 0 Å². The van der Waals surface area contributed by atoms with Crippen molar-refractivity contribution in [2.24, 2.45) is 11.3 Å². The Morgan fingerprint density at radius 3 is 2.71 bits per heavy atom. The Hall–Kier alpha value is -3.84. The highest BCUT2D eigenvalue weighted by atomic mass is 15.0. The number of nitrogens with zero attached hydrogens (tertiary/aromatic N) is 4. The molecular formula is C31H33N7. The molecule has 7 heteroatoms. The average Bonchev–Trinajstić information content (AvgIpc) is 3.69. The molecule has 1 atom stereocenters. The van der Waals surface area contributed by atoms with Crippen molar-refractivity contribution in [3.8, 4) is 22.6 Å². The molecule has 0 radical (unpaired) electrons. The van der Waals surface area contributed by atoms with Crippen molar-refractivity contribution in [1.82, 2.24) is 30.2 Å². The Morgan fingerprint density at radius 2 is 1.89 bits per heavy atom. The molecule has 0 spiro atoms. The van der Waals surface area contributed by atoms with E-state index in [9.17, 15) is 0 Å². The first-order chi connectivity index (χ1) is 18.6. The molecule has 1 saturated heterocycles. The van der Waals surface area contributed by atoms with Crippen molar-refractivity contribution < 1.29 is 0 Å². The monoisotopic (exact) mass is 503 g/mol. The minimum Gasteiger partial charge on any atom is -0.369 e. The summed E-state index contributed by atoms with van der Waals surface area (Å²) in [6, 6.07) is 14.5. The summed E-state index contributed by atoms with van der Waals surface area (Å²) in [5.41, 5.74) is 6.36. The molecule has 1 aliphatic heterocycles. The van der Waals surface area contributed by atoms with Crippen molar-refractivity contribution in [3.05, 3.63) is 66.6 Å². The van der Waals surface area contributed by atoms with Crippen molar-refractivity contribution in [1.29, 1.82) is 0 Å². The molecule has 5 heterocycles. The third kappa shape index (κ3) is 4.21. The third-order valence-corrected chi connectivity index (χ3v) is 8.38. The van der Waals surface area contributed by atoms with Crippen LogP contribution in [0.2, 0.25) is 0 Å². The number of hydrogen-bond donors (Lipinski definition) is 3. The fourth-order valence-corrected chi connectivity index (χ4v) is 5.88. The number of fused-ring (bicyclic) bond motifs is 2. The molecule has 2 fully saturated rings. The Balaban J connectivity index is 1.34. The molecule has 2 aliphatic rings. The first-order valence-corrected chi connectivity index (χ1v) is 13.7. The van der Waals surface area contributed by atoms with Gasteiger partial charge in [0.1, 0.15) is 11.5 Å². The smallest absolute Gasteiger partial charge is 0.163 e. The van der Waals surface area contributed by atoms with Gasteiger partial charge in [-0.2, -0.15) is 0 Å². The number of rotatable bonds is 6. The Morgan fingerprint density at radius 1 is 1.03 bits per heavy atom. The number of hydrogen-bond acceptors (Lipinski definition) is 6. The molecule has 1 unspecified atom stereocenters. The van der Waals surface area contributed by atoms with Gasteiger partial charge in [0.15, 0.2) is 5.82 Å². The van der Waals surface area contributed by atoms with E-state index in [1.54, 1.807) is 0 Å². The van der Waals surface area contributed by atoms with Gasteiger partial charge >= 0.3 is 0 Å². The van der Waals surface area contributed by atoms with E-state index in [0.717, 1.165) is 70.6 Å². The maximum absolute atomic E-state index is 5.20. The second-order valence-corrected chi connectivity index (χ2v) is 11.5. The molecule has 5 aromatic rings. The molecular weight excluding hydrogens is 470 g/mol. The fourth-order valence-electron chi connectivity index (χ4n) is 5.88. The minimum absolute atomic E-state index is 0.230. The number of nitrogens with one attached hydrogen (secondary N) is 3. The Kier molecular flexibility index (Phi) is 5.62. The predicted octanol–water partition coefficient (Wildman–Crippen LogP) is 6.16. The van der Waals surface area contributed by atoms with E-state index in [1.807, 2.05) is 42.9 Å². The van der Waals surface area contributed by atoms with E-state index in [-0.39, 0.29) is 5.41 Å². The molecule has 1 aromatic carbocycles. The first-order valence-electron chi connectivity index (χ1n) is 13.7. The zero-order valence-electron chi connectivity index (χ0n) is 22.0. The summed E-state index contributed by atoms with van der Waals surface area (Å²) >= 11 is 0. The number of anilines is 1. The molecule has 7 rings (SSSR count). The second-order valence-electron chi connectivity index (χ2n) is 11.5. The quantitative estimate of drug-likeness (QED) is 0.257. The summed E-state index contributed by atoms with van der Waals surface area (Å²) in [5.74, 6) is 2.74. The van der Waals surface area contributed by atoms with Crippen molar-refractivity contribution in [2.45, 2.75) is 39.0 Å². The molecule has 0 amide bonds. The number of piperidine rings is 1. The summed E-state index contributed by atoms with van der Waals surface area (Å²) in [6.07, 6.45) is 9.31. The molecule has 38 heavy (non-hydrogen) atoms. The summed E-state index contributed by atoms with van der Waals surface area (Å²) in [5, 5.41) is 9.49. The lowest BCUT2D eigenvalue weighted by Gasteiger charge is -2.39. The lowest BCUT2D eigenvalue weighted by Crippen LogP contribution is -2.45. The molecule has 192 valence electrons. The van der Waals surface area contributed by atoms with Crippen LogP contribution < -0.4 is 10.6 Å². The zero-order valence-corrected chi connectivity index (χ0v) is 22.0. The highest BCUT2D eigenvalue weighted by molar-refractivity contribution is 5.98. The second kappa shape index (κ2) is 9.17. The third-order valence-electron chi connectivity index (χ3n) is 8.38. The van der Waals surface area contributed by atoms with E-state index < -0.39 is 0 Å². The van der Waals surface area contributed by atoms with Crippen LogP contribution in [0.3, 0.4) is 0 Å². The summed E-state index contributed by atoms with van der Waals surface area (Å²) < 4.78 is 0. The van der Waals surface area contributed by atoms with Crippen LogP contribution >= 0.6 is 0 Å². The number of benzene rings is 1. The van der Waals surface area contributed by atoms with Gasteiger partial charge in [0.2, 0.25) is 0 Å². The van der Waals surface area contributed by atoms with Crippen LogP contribution in [0.15, 0.2) is 61.1 Å². The number of pyridine rings is 2. The largest absolute Gasteiger partial charge is 0.369 e. The van der Waals surface area contributed by atoms with Crippen molar-refractivity contribution in [2.75, 3.05) is 25.0 Å². The normalized spacial score (nSPS) is 19.2. The number of aromatic nitrogens is 5. The molecule has 4 aromatic heterocycles. The van der Waals surface area contributed by atoms with Gasteiger partial charge < -0.3 is 15.6 Å². The van der Waals surface area contributed by atoms with Crippen molar-refractivity contribution >= 4 is 27.8 Å². The lowest BCUT2D eigenvalue weighted by atomic mass is 9.74. The van der Waals surface area contributed by atoms with E-state index in [0.29, 0.717) is 17.7 Å². The van der Waals surface area contributed by atoms with Crippen LogP contribution in [0.5, 0.6) is 0 Å². The number of aromatic amines is 1. The van der Waals surface area contributed by atoms with Gasteiger partial charge in [-0.1, -0.05) is 44.2 Å². The maximum atomic E-state index is 5.20. The maximum Gasteiger partial charge on any atom is 0.163 e. The van der Waals surface area contributed by atoms with Crippen LogP contribution in [0, 0.1) is 11.3 Å². The van der Waals surface area contributed by atoms with Gasteiger partial charge in [-0.3, -0.25) is 4.98 Å². The fraction of sp³-hybridized carbons (Fsp3) is 0.355. The summed E-state index contributed by atoms with van der Waals surface area (Å²) in [7, 11) is 0. The standard InChI is InChI=1S/C31H33N7/c1-31(2)18-32-12-10-21(31)15-35-30-27-24(19-8-9-19)16-33-17-26(27)37-29(38-30)22-11-13-34-28-23(22)14-25(36-28)20-6-4-3-5-7-20/h3-7,11,13-14,16-17,19,21,32H,8-10,12,15,18H2,1-2H3,(H,34,36)(H,35,37,38). The Labute approximate surface area is 222 Å². The molecule has 1 aliphatic carbocycles. The summed E-state index contributed by atoms with van der Waals surface area (Å²) in [6.45, 7) is 7.71. The zero-order chi connectivity index (χ0) is 25.7. The van der Waals surface area contributed by atoms with E-state index >= 15 is 0 Å². The van der Waals surface area contributed by atoms with Gasteiger partial charge in [0.25, 0.3) is 0 Å². The predicted molar refractivity (Wildman–Crippen MR) is 153 cm³/mol. The van der Waals surface area contributed by atoms with Crippen LogP contribution in [0.4, 0.5) is 5.82 Å². The van der Waals surface area contributed by atoms with Crippen LogP contribution in [0.25, 0.3) is 44.6 Å². The van der Waals surface area contributed by atoms with E-state index in [1.165, 1.54) is 18.4 Å². The molecule has 7 nitrogen and oxygen atoms in total. The van der Waals surface area contributed by atoms with Gasteiger partial charge in [-0.15, -0.1) is 0 Å². The minimum atomic E-state index is 0.230. The molecule has 0 bridgehead atoms. The van der Waals surface area contributed by atoms with Crippen LogP contribution in [-0.2, 0) is 0 Å². The van der Waals surface area contributed by atoms with Gasteiger partial charge in [-0.25, -0.2) is 15.0 Å². The average molecular weight is 504 g/mol. The van der Waals surface area contributed by atoms with E-state index in [2.05, 4.69) is 57.6 Å². The van der Waals surface area contributed by atoms with Crippen LogP contribution in [0.1, 0.15) is 44.6 Å². The lowest BCUT2D eigenvalue weighted by molar-refractivity contribution is 0.166. The van der Waals surface area contributed by atoms with Gasteiger partial charge in [-0.05, 0) is 66.3 Å². The van der Waals surface area contributed by atoms with Gasteiger partial charge in [0.05, 0.1) is 11.7 Å². The summed E-state index contributed by atoms with van der Waals surface area (Å²) in [4.78, 5) is 22.9. The SMILES string of the molecule is CC1(C)CNCCC1CNc1nc(-c2ccnc3[nH]c(-c4ccccc4)cc23)nc2cncc(C3CC3)c12. The first kappa shape index (κ1) is 23.3. The van der Waals surface area contributed by atoms with E-state index in [4.69, 9.17) is 9.97 Å². The highest BCUT2D eigenvalue weighted by Crippen LogP contribution is 2.44. The molecule has 3 N–H and O–H groups in total. The number of H-pyrrole nitrogens is 1. The topological polar surface area (TPSA) is 91.4 Å². The Bertz CT molecular complexity index is 1620. The highest BCUT2D eigenvalue weighted by Gasteiger charge is 2.33. The van der Waals surface area contributed by atoms with Crippen LogP contribution in [-0.4, -0.2) is 44.6 Å². The van der Waals surface area contributed by atoms with Gasteiger partial charge in [0, 0.05) is 47.5 Å².